The Bertz CT molecular complexity index is 279. The predicted molar refractivity (Wildman–Crippen MR) is 58.5 cm³/mol. The summed E-state index contributed by atoms with van der Waals surface area (Å²) in [6.45, 7) is 6.19. The first-order chi connectivity index (χ1) is 6.65. The third-order valence-corrected chi connectivity index (χ3v) is 1.44. The minimum Gasteiger partial charge on any atom is -0.465 e. The first-order valence-electron chi connectivity index (χ1n) is 4.80. The van der Waals surface area contributed by atoms with Gasteiger partial charge in [-0.1, -0.05) is 38.0 Å². The lowest BCUT2D eigenvalue weighted by Gasteiger charge is -1.98. The van der Waals surface area contributed by atoms with E-state index in [0.717, 1.165) is 5.56 Å². The van der Waals surface area contributed by atoms with Gasteiger partial charge in [0.2, 0.25) is 0 Å². The number of methoxy groups -OCH3 is 1. The second-order valence-corrected chi connectivity index (χ2v) is 3.07. The van der Waals surface area contributed by atoms with Crippen molar-refractivity contribution in [3.8, 4) is 0 Å². The van der Waals surface area contributed by atoms with E-state index in [1.54, 1.807) is 12.1 Å². The van der Waals surface area contributed by atoms with Crippen molar-refractivity contribution in [3.63, 3.8) is 0 Å². The number of esters is 1. The Morgan fingerprint density at radius 1 is 1.36 bits per heavy atom. The van der Waals surface area contributed by atoms with Gasteiger partial charge in [-0.15, -0.1) is 0 Å². The molecule has 0 saturated carbocycles. The van der Waals surface area contributed by atoms with E-state index in [1.807, 2.05) is 19.1 Å². The maximum absolute atomic E-state index is 10.9. The molecule has 0 unspecified atom stereocenters. The third-order valence-electron chi connectivity index (χ3n) is 1.44. The summed E-state index contributed by atoms with van der Waals surface area (Å²) in [6.07, 6.45) is 1.25. The summed E-state index contributed by atoms with van der Waals surface area (Å²) in [6, 6.07) is 7.30. The second-order valence-electron chi connectivity index (χ2n) is 3.07. The van der Waals surface area contributed by atoms with E-state index in [-0.39, 0.29) is 5.97 Å². The van der Waals surface area contributed by atoms with Gasteiger partial charge < -0.3 is 4.74 Å². The Labute approximate surface area is 85.9 Å². The molecule has 2 nitrogen and oxygen atoms in total. The average Bonchev–Trinajstić information content (AvgIpc) is 2.18. The number of carbonyl (C=O) groups is 1. The molecule has 1 aromatic rings. The fourth-order valence-electron chi connectivity index (χ4n) is 0.890. The molecule has 0 fully saturated rings. The van der Waals surface area contributed by atoms with Crippen LogP contribution in [0.4, 0.5) is 0 Å². The summed E-state index contributed by atoms with van der Waals surface area (Å²) in [5.74, 6) is -0.284. The van der Waals surface area contributed by atoms with Gasteiger partial charge in [0.15, 0.2) is 0 Å². The zero-order valence-electron chi connectivity index (χ0n) is 9.33. The molecule has 2 heteroatoms. The fraction of sp³-hybridized carbons (Fsp3) is 0.417. The van der Waals surface area contributed by atoms with Crippen LogP contribution in [0.3, 0.4) is 0 Å². The monoisotopic (exact) mass is 194 g/mol. The molecule has 0 heterocycles. The molecule has 0 saturated heterocycles. The Morgan fingerprint density at radius 3 is 2.36 bits per heavy atom. The highest BCUT2D eigenvalue weighted by Crippen LogP contribution is 2.04. The topological polar surface area (TPSA) is 26.3 Å². The van der Waals surface area contributed by atoms with Crippen LogP contribution in [0.15, 0.2) is 24.3 Å². The number of aryl methyl sites for hydroxylation is 1. The van der Waals surface area contributed by atoms with E-state index in [0.29, 0.717) is 5.56 Å². The van der Waals surface area contributed by atoms with Crippen LogP contribution >= 0.6 is 0 Å². The lowest BCUT2D eigenvalue weighted by molar-refractivity contribution is 0.0600. The molecule has 0 aromatic heterocycles. The molecule has 1 aromatic carbocycles. The summed E-state index contributed by atoms with van der Waals surface area (Å²) in [5, 5.41) is 0. The van der Waals surface area contributed by atoms with E-state index < -0.39 is 0 Å². The summed E-state index contributed by atoms with van der Waals surface area (Å²) in [7, 11) is 1.38. The van der Waals surface area contributed by atoms with Gasteiger partial charge in [0.05, 0.1) is 12.7 Å². The van der Waals surface area contributed by atoms with Crippen molar-refractivity contribution in [2.45, 2.75) is 27.2 Å². The lowest BCUT2D eigenvalue weighted by atomic mass is 10.1. The molecule has 78 valence electrons. The molecule has 0 radical (unpaired) electrons. The molecule has 0 spiro atoms. The van der Waals surface area contributed by atoms with Crippen molar-refractivity contribution < 1.29 is 9.53 Å². The fourth-order valence-corrected chi connectivity index (χ4v) is 0.890. The van der Waals surface area contributed by atoms with Gasteiger partial charge in [-0.3, -0.25) is 0 Å². The molecule has 1 rings (SSSR count). The first-order valence-corrected chi connectivity index (χ1v) is 4.80. The maximum atomic E-state index is 10.9. The number of ether oxygens (including phenoxy) is 1. The van der Waals surface area contributed by atoms with Crippen molar-refractivity contribution in [1.29, 1.82) is 0 Å². The van der Waals surface area contributed by atoms with Crippen LogP contribution in [-0.2, 0) is 4.74 Å². The van der Waals surface area contributed by atoms with Gasteiger partial charge in [-0.05, 0) is 19.1 Å². The normalized spacial score (nSPS) is 8.57. The van der Waals surface area contributed by atoms with Crippen LogP contribution in [0.2, 0.25) is 0 Å². The summed E-state index contributed by atoms with van der Waals surface area (Å²) in [4.78, 5) is 10.9. The zero-order valence-corrected chi connectivity index (χ0v) is 9.33. The van der Waals surface area contributed by atoms with Crippen molar-refractivity contribution in [2.75, 3.05) is 7.11 Å². The summed E-state index contributed by atoms with van der Waals surface area (Å²) >= 11 is 0. The van der Waals surface area contributed by atoms with Crippen molar-refractivity contribution >= 4 is 5.97 Å². The number of hydrogen-bond acceptors (Lipinski definition) is 2. The second kappa shape index (κ2) is 7.13. The van der Waals surface area contributed by atoms with E-state index >= 15 is 0 Å². The summed E-state index contributed by atoms with van der Waals surface area (Å²) < 4.78 is 4.55. The van der Waals surface area contributed by atoms with Crippen molar-refractivity contribution in [2.24, 2.45) is 0 Å². The molecule has 0 aliphatic rings. The van der Waals surface area contributed by atoms with Crippen LogP contribution in [0.25, 0.3) is 0 Å². The lowest BCUT2D eigenvalue weighted by Crippen LogP contribution is -2.00. The quantitative estimate of drug-likeness (QED) is 0.642. The molecule has 14 heavy (non-hydrogen) atoms. The highest BCUT2D eigenvalue weighted by Gasteiger charge is 2.02. The smallest absolute Gasteiger partial charge is 0.337 e. The Morgan fingerprint density at radius 2 is 1.93 bits per heavy atom. The molecule has 0 amide bonds. The number of carbonyl (C=O) groups excluding carboxylic acids is 1. The molecular formula is C12H18O2. The molecular weight excluding hydrogens is 176 g/mol. The van der Waals surface area contributed by atoms with Gasteiger partial charge in [0, 0.05) is 0 Å². The number of rotatable bonds is 1. The van der Waals surface area contributed by atoms with E-state index in [2.05, 4.69) is 18.6 Å². The summed E-state index contributed by atoms with van der Waals surface area (Å²) in [5.41, 5.74) is 1.67. The maximum Gasteiger partial charge on any atom is 0.337 e. The van der Waals surface area contributed by atoms with Crippen LogP contribution in [0.1, 0.15) is 36.2 Å². The van der Waals surface area contributed by atoms with Gasteiger partial charge in [-0.25, -0.2) is 4.79 Å². The number of hydrogen-bond donors (Lipinski definition) is 0. The zero-order chi connectivity index (χ0) is 11.0. The van der Waals surface area contributed by atoms with E-state index in [9.17, 15) is 4.79 Å². The highest BCUT2D eigenvalue weighted by atomic mass is 16.5. The SMILES string of the molecule is CCC.COC(=O)c1cccc(C)c1. The van der Waals surface area contributed by atoms with Crippen LogP contribution in [0.5, 0.6) is 0 Å². The highest BCUT2D eigenvalue weighted by molar-refractivity contribution is 5.89. The Hall–Kier alpha value is -1.31. The standard InChI is InChI=1S/C9H10O2.C3H8/c1-7-4-3-5-8(6-7)9(10)11-2;1-3-2/h3-6H,1-2H3;3H2,1-2H3. The molecule has 0 aliphatic carbocycles. The minimum absolute atomic E-state index is 0.284. The van der Waals surface area contributed by atoms with Crippen molar-refractivity contribution in [3.05, 3.63) is 35.4 Å². The first kappa shape index (κ1) is 12.7. The van der Waals surface area contributed by atoms with Crippen LogP contribution in [0, 0.1) is 6.92 Å². The molecule has 0 atom stereocenters. The van der Waals surface area contributed by atoms with Gasteiger partial charge >= 0.3 is 5.97 Å². The Kier molecular flexibility index (Phi) is 6.46. The Balaban J connectivity index is 0.000000500. The van der Waals surface area contributed by atoms with Crippen LogP contribution < -0.4 is 0 Å². The van der Waals surface area contributed by atoms with Gasteiger partial charge in [-0.2, -0.15) is 0 Å². The largest absolute Gasteiger partial charge is 0.465 e. The average molecular weight is 194 g/mol. The minimum atomic E-state index is -0.284. The van der Waals surface area contributed by atoms with E-state index in [4.69, 9.17) is 0 Å². The van der Waals surface area contributed by atoms with Gasteiger partial charge in [0.25, 0.3) is 0 Å². The van der Waals surface area contributed by atoms with Crippen molar-refractivity contribution in [1.82, 2.24) is 0 Å². The molecule has 0 bridgehead atoms. The predicted octanol–water partition coefficient (Wildman–Crippen LogP) is 3.20. The molecule has 0 aliphatic heterocycles. The van der Waals surface area contributed by atoms with E-state index in [1.165, 1.54) is 13.5 Å². The van der Waals surface area contributed by atoms with Crippen LogP contribution in [-0.4, -0.2) is 13.1 Å². The number of benzene rings is 1. The third kappa shape index (κ3) is 4.65. The van der Waals surface area contributed by atoms with Gasteiger partial charge in [0.1, 0.15) is 0 Å². The molecule has 0 N–H and O–H groups in total.